The van der Waals surface area contributed by atoms with E-state index in [0.29, 0.717) is 24.0 Å². The fourth-order valence-corrected chi connectivity index (χ4v) is 3.05. The minimum atomic E-state index is -0.461. The summed E-state index contributed by atoms with van der Waals surface area (Å²) in [7, 11) is 1.57. The number of cyclic esters (lactones) is 1. The predicted molar refractivity (Wildman–Crippen MR) is 103 cm³/mol. The van der Waals surface area contributed by atoms with Crippen LogP contribution in [0.2, 0.25) is 0 Å². The number of hydrogen-bond acceptors (Lipinski definition) is 5. The zero-order valence-electron chi connectivity index (χ0n) is 14.7. The van der Waals surface area contributed by atoms with Crippen molar-refractivity contribution in [3.8, 4) is 11.5 Å². The van der Waals surface area contributed by atoms with Crippen molar-refractivity contribution in [1.29, 1.82) is 0 Å². The Hall–Kier alpha value is -2.60. The number of nitrogens with zero attached hydrogens (tertiary/aromatic N) is 1. The van der Waals surface area contributed by atoms with Gasteiger partial charge in [0.2, 0.25) is 0 Å². The SMILES string of the molecule is COc1cc(/C=C2/N=C(C)OC2=O)cc(Br)c1OCc1ccc(C)cc1. The highest BCUT2D eigenvalue weighted by Gasteiger charge is 2.20. The molecule has 26 heavy (non-hydrogen) atoms. The normalized spacial score (nSPS) is 15.0. The lowest BCUT2D eigenvalue weighted by Gasteiger charge is -2.14. The van der Waals surface area contributed by atoms with Gasteiger partial charge in [0, 0.05) is 6.92 Å². The van der Waals surface area contributed by atoms with Gasteiger partial charge in [-0.1, -0.05) is 29.8 Å². The number of benzene rings is 2. The summed E-state index contributed by atoms with van der Waals surface area (Å²) in [6, 6.07) is 11.8. The summed E-state index contributed by atoms with van der Waals surface area (Å²) in [5.74, 6) is 1.04. The molecule has 0 saturated heterocycles. The highest BCUT2D eigenvalue weighted by Crippen LogP contribution is 2.38. The molecule has 0 unspecified atom stereocenters. The van der Waals surface area contributed by atoms with E-state index in [9.17, 15) is 4.79 Å². The quantitative estimate of drug-likeness (QED) is 0.526. The van der Waals surface area contributed by atoms with Gasteiger partial charge in [0.1, 0.15) is 6.61 Å². The number of halogens is 1. The minimum absolute atomic E-state index is 0.254. The lowest BCUT2D eigenvalue weighted by Crippen LogP contribution is -2.00. The average Bonchev–Trinajstić information content (AvgIpc) is 2.92. The standard InChI is InChI=1S/C20H18BrNO4/c1-12-4-6-14(7-5-12)11-25-19-16(21)8-15(10-18(19)24-3)9-17-20(23)26-13(2)22-17/h4-10H,11H2,1-3H3/b17-9+. The molecule has 1 heterocycles. The molecule has 0 bridgehead atoms. The van der Waals surface area contributed by atoms with E-state index < -0.39 is 5.97 Å². The highest BCUT2D eigenvalue weighted by molar-refractivity contribution is 9.10. The molecule has 0 N–H and O–H groups in total. The van der Waals surface area contributed by atoms with Crippen LogP contribution in [-0.2, 0) is 16.1 Å². The maximum Gasteiger partial charge on any atom is 0.363 e. The monoisotopic (exact) mass is 415 g/mol. The molecule has 0 fully saturated rings. The van der Waals surface area contributed by atoms with Crippen LogP contribution in [0.15, 0.2) is 51.6 Å². The molecule has 0 radical (unpaired) electrons. The van der Waals surface area contributed by atoms with Crippen molar-refractivity contribution < 1.29 is 19.0 Å². The fourth-order valence-electron chi connectivity index (χ4n) is 2.48. The largest absolute Gasteiger partial charge is 0.493 e. The van der Waals surface area contributed by atoms with E-state index in [1.165, 1.54) is 5.56 Å². The van der Waals surface area contributed by atoms with E-state index in [1.54, 1.807) is 26.2 Å². The summed E-state index contributed by atoms with van der Waals surface area (Å²) in [5.41, 5.74) is 3.27. The van der Waals surface area contributed by atoms with Crippen LogP contribution in [0, 0.1) is 6.92 Å². The molecule has 0 amide bonds. The van der Waals surface area contributed by atoms with E-state index in [4.69, 9.17) is 14.2 Å². The molecule has 0 aliphatic carbocycles. The van der Waals surface area contributed by atoms with Crippen LogP contribution in [0.25, 0.3) is 6.08 Å². The van der Waals surface area contributed by atoms with Gasteiger partial charge in [-0.2, -0.15) is 0 Å². The molecule has 0 saturated carbocycles. The van der Waals surface area contributed by atoms with Crippen LogP contribution < -0.4 is 9.47 Å². The predicted octanol–water partition coefficient (Wildman–Crippen LogP) is 4.66. The van der Waals surface area contributed by atoms with E-state index in [0.717, 1.165) is 15.6 Å². The van der Waals surface area contributed by atoms with E-state index in [-0.39, 0.29) is 5.70 Å². The van der Waals surface area contributed by atoms with Crippen LogP contribution in [0.5, 0.6) is 11.5 Å². The molecule has 2 aromatic carbocycles. The van der Waals surface area contributed by atoms with Crippen molar-refractivity contribution in [3.05, 3.63) is 63.3 Å². The summed E-state index contributed by atoms with van der Waals surface area (Å²) >= 11 is 3.51. The average molecular weight is 416 g/mol. The third-order valence-corrected chi connectivity index (χ3v) is 4.38. The van der Waals surface area contributed by atoms with E-state index in [1.807, 2.05) is 37.3 Å². The minimum Gasteiger partial charge on any atom is -0.493 e. The molecule has 134 valence electrons. The Labute approximate surface area is 160 Å². The maximum atomic E-state index is 11.7. The summed E-state index contributed by atoms with van der Waals surface area (Å²) in [6.45, 7) is 4.10. The summed E-state index contributed by atoms with van der Waals surface area (Å²) in [6.07, 6.45) is 1.65. The van der Waals surface area contributed by atoms with Crippen LogP contribution in [0.3, 0.4) is 0 Å². The number of carbonyl (C=O) groups is 1. The van der Waals surface area contributed by atoms with Gasteiger partial charge in [0.25, 0.3) is 0 Å². The number of aliphatic imine (C=N–C) groups is 1. The Balaban J connectivity index is 1.84. The molecule has 2 aromatic rings. The number of methoxy groups -OCH3 is 1. The van der Waals surface area contributed by atoms with Crippen LogP contribution in [0.4, 0.5) is 0 Å². The highest BCUT2D eigenvalue weighted by atomic mass is 79.9. The van der Waals surface area contributed by atoms with Gasteiger partial charge < -0.3 is 14.2 Å². The molecule has 3 rings (SSSR count). The second kappa shape index (κ2) is 7.74. The number of carbonyl (C=O) groups excluding carboxylic acids is 1. The first kappa shape index (κ1) is 18.2. The van der Waals surface area contributed by atoms with Crippen molar-refractivity contribution in [2.45, 2.75) is 20.5 Å². The number of esters is 1. The number of rotatable bonds is 5. The Kier molecular flexibility index (Phi) is 5.42. The Morgan fingerprint density at radius 3 is 2.54 bits per heavy atom. The van der Waals surface area contributed by atoms with Crippen molar-refractivity contribution in [2.24, 2.45) is 4.99 Å². The van der Waals surface area contributed by atoms with Gasteiger partial charge in [-0.05, 0) is 52.2 Å². The van der Waals surface area contributed by atoms with Crippen molar-refractivity contribution in [1.82, 2.24) is 0 Å². The summed E-state index contributed by atoms with van der Waals surface area (Å²) in [4.78, 5) is 15.8. The summed E-state index contributed by atoms with van der Waals surface area (Å²) < 4.78 is 17.0. The molecule has 0 atom stereocenters. The zero-order valence-corrected chi connectivity index (χ0v) is 16.3. The molecular weight excluding hydrogens is 398 g/mol. The topological polar surface area (TPSA) is 57.1 Å². The van der Waals surface area contributed by atoms with Crippen LogP contribution >= 0.6 is 15.9 Å². The Bertz CT molecular complexity index is 901. The second-order valence-corrected chi connectivity index (χ2v) is 6.71. The van der Waals surface area contributed by atoms with Gasteiger partial charge >= 0.3 is 5.97 Å². The Morgan fingerprint density at radius 2 is 1.92 bits per heavy atom. The molecule has 0 aromatic heterocycles. The van der Waals surface area contributed by atoms with Gasteiger partial charge in [-0.15, -0.1) is 0 Å². The van der Waals surface area contributed by atoms with Gasteiger partial charge in [0.15, 0.2) is 23.1 Å². The molecular formula is C20H18BrNO4. The smallest absolute Gasteiger partial charge is 0.363 e. The molecule has 5 nitrogen and oxygen atoms in total. The Morgan fingerprint density at radius 1 is 1.19 bits per heavy atom. The van der Waals surface area contributed by atoms with Crippen molar-refractivity contribution >= 4 is 33.9 Å². The maximum absolute atomic E-state index is 11.7. The van der Waals surface area contributed by atoms with Gasteiger partial charge in [0.05, 0.1) is 11.6 Å². The van der Waals surface area contributed by atoms with Gasteiger partial charge in [-0.3, -0.25) is 0 Å². The number of aryl methyl sites for hydroxylation is 1. The van der Waals surface area contributed by atoms with Gasteiger partial charge in [-0.25, -0.2) is 9.79 Å². The molecule has 1 aliphatic rings. The zero-order chi connectivity index (χ0) is 18.7. The fraction of sp³-hybridized carbons (Fsp3) is 0.200. The molecule has 6 heteroatoms. The van der Waals surface area contributed by atoms with E-state index >= 15 is 0 Å². The first-order valence-electron chi connectivity index (χ1n) is 8.01. The second-order valence-electron chi connectivity index (χ2n) is 5.86. The lowest BCUT2D eigenvalue weighted by molar-refractivity contribution is -0.130. The number of hydrogen-bond donors (Lipinski definition) is 0. The lowest BCUT2D eigenvalue weighted by atomic mass is 10.1. The summed E-state index contributed by atoms with van der Waals surface area (Å²) in [5, 5.41) is 0. The van der Waals surface area contributed by atoms with E-state index in [2.05, 4.69) is 20.9 Å². The third-order valence-electron chi connectivity index (χ3n) is 3.79. The molecule has 0 spiro atoms. The van der Waals surface area contributed by atoms with Crippen LogP contribution in [0.1, 0.15) is 23.6 Å². The van der Waals surface area contributed by atoms with Crippen molar-refractivity contribution in [2.75, 3.05) is 7.11 Å². The molecule has 1 aliphatic heterocycles. The number of ether oxygens (including phenoxy) is 3. The first-order chi connectivity index (χ1) is 12.5. The first-order valence-corrected chi connectivity index (χ1v) is 8.80. The van der Waals surface area contributed by atoms with Crippen LogP contribution in [-0.4, -0.2) is 19.0 Å². The van der Waals surface area contributed by atoms with Crippen molar-refractivity contribution in [3.63, 3.8) is 0 Å². The third kappa shape index (κ3) is 4.14.